The quantitative estimate of drug-likeness (QED) is 0.754. The minimum absolute atomic E-state index is 0.0573. The molecule has 6 nitrogen and oxygen atoms in total. The molecule has 23 heavy (non-hydrogen) atoms. The van der Waals surface area contributed by atoms with E-state index in [1.54, 1.807) is 6.92 Å². The summed E-state index contributed by atoms with van der Waals surface area (Å²) in [6.45, 7) is 8.63. The van der Waals surface area contributed by atoms with Crippen molar-refractivity contribution in [3.05, 3.63) is 32.6 Å². The summed E-state index contributed by atoms with van der Waals surface area (Å²) in [7, 11) is -1.08. The lowest BCUT2D eigenvalue weighted by molar-refractivity contribution is -0.0238. The molecule has 1 aliphatic heterocycles. The van der Waals surface area contributed by atoms with E-state index in [9.17, 15) is 14.7 Å². The third-order valence-corrected chi connectivity index (χ3v) is 7.48. The molecule has 0 aliphatic carbocycles. The number of aliphatic hydroxyl groups is 1. The average Bonchev–Trinajstić information content (AvgIpc) is 2.84. The normalized spacial score (nSPS) is 25.0. The van der Waals surface area contributed by atoms with Gasteiger partial charge in [0.05, 0.1) is 12.7 Å². The molecule has 0 aromatic carbocycles. The van der Waals surface area contributed by atoms with Crippen LogP contribution in [0.1, 0.15) is 18.2 Å². The van der Waals surface area contributed by atoms with E-state index in [0.717, 1.165) is 5.75 Å². The van der Waals surface area contributed by atoms with Gasteiger partial charge in [-0.1, -0.05) is 19.6 Å². The van der Waals surface area contributed by atoms with Crippen molar-refractivity contribution < 1.29 is 9.84 Å². The van der Waals surface area contributed by atoms with Crippen LogP contribution < -0.4 is 11.2 Å². The van der Waals surface area contributed by atoms with E-state index in [1.165, 1.54) is 16.8 Å². The van der Waals surface area contributed by atoms with Crippen LogP contribution in [0.5, 0.6) is 0 Å². The summed E-state index contributed by atoms with van der Waals surface area (Å²) in [5.41, 5.74) is -0.359. The topological polar surface area (TPSA) is 84.3 Å². The zero-order valence-electron chi connectivity index (χ0n) is 14.2. The van der Waals surface area contributed by atoms with Crippen molar-refractivity contribution in [1.29, 1.82) is 0 Å². The Balaban J connectivity index is 2.08. The van der Waals surface area contributed by atoms with E-state index < -0.39 is 20.0 Å². The molecule has 0 radical (unpaired) electrons. The number of aryl methyl sites for hydroxylation is 1. The first-order valence-electron chi connectivity index (χ1n) is 7.91. The maximum atomic E-state index is 12.0. The van der Waals surface area contributed by atoms with Crippen LogP contribution in [0.15, 0.2) is 15.8 Å². The monoisotopic (exact) mass is 358 g/mol. The molecule has 8 heteroatoms. The molecule has 0 saturated carbocycles. The largest absolute Gasteiger partial charge is 0.394 e. The lowest BCUT2D eigenvalue weighted by Gasteiger charge is -2.19. The molecule has 0 unspecified atom stereocenters. The second kappa shape index (κ2) is 7.37. The highest BCUT2D eigenvalue weighted by atomic mass is 32.2. The fourth-order valence-electron chi connectivity index (χ4n) is 2.53. The van der Waals surface area contributed by atoms with E-state index in [-0.39, 0.29) is 23.5 Å². The first-order valence-corrected chi connectivity index (χ1v) is 12.7. The number of nitrogens with zero attached hydrogens (tertiary/aromatic N) is 1. The highest BCUT2D eigenvalue weighted by molar-refractivity contribution is 8.00. The number of aromatic amines is 1. The Kier molecular flexibility index (Phi) is 5.93. The van der Waals surface area contributed by atoms with Gasteiger partial charge in [0, 0.05) is 31.5 Å². The van der Waals surface area contributed by atoms with Crippen molar-refractivity contribution in [1.82, 2.24) is 9.55 Å². The molecule has 2 rings (SSSR count). The van der Waals surface area contributed by atoms with Crippen molar-refractivity contribution >= 4 is 19.8 Å². The van der Waals surface area contributed by atoms with Crippen LogP contribution in [0.4, 0.5) is 0 Å². The summed E-state index contributed by atoms with van der Waals surface area (Å²) >= 11 is 1.82. The highest BCUT2D eigenvalue weighted by Gasteiger charge is 2.36. The van der Waals surface area contributed by atoms with Gasteiger partial charge in [-0.25, -0.2) is 4.79 Å². The third kappa shape index (κ3) is 4.82. The zero-order chi connectivity index (χ0) is 17.2. The van der Waals surface area contributed by atoms with E-state index in [0.29, 0.717) is 12.0 Å². The van der Waals surface area contributed by atoms with Crippen LogP contribution in [0.25, 0.3) is 0 Å². The Morgan fingerprint density at radius 2 is 2.13 bits per heavy atom. The summed E-state index contributed by atoms with van der Waals surface area (Å²) in [5.74, 6) is 1.05. The van der Waals surface area contributed by atoms with Gasteiger partial charge in [-0.3, -0.25) is 14.3 Å². The van der Waals surface area contributed by atoms with Crippen molar-refractivity contribution in [3.63, 3.8) is 0 Å². The van der Waals surface area contributed by atoms with Crippen molar-refractivity contribution in [3.8, 4) is 0 Å². The Bertz CT molecular complexity index is 652. The van der Waals surface area contributed by atoms with Gasteiger partial charge in [0.1, 0.15) is 6.23 Å². The van der Waals surface area contributed by atoms with Gasteiger partial charge in [0.2, 0.25) is 0 Å². The fourth-order valence-corrected chi connectivity index (χ4v) is 6.42. The molecule has 1 aromatic rings. The minimum atomic E-state index is -1.08. The maximum absolute atomic E-state index is 12.0. The molecule has 0 bridgehead atoms. The van der Waals surface area contributed by atoms with Crippen molar-refractivity contribution in [2.45, 2.75) is 56.6 Å². The molecule has 130 valence electrons. The summed E-state index contributed by atoms with van der Waals surface area (Å²) in [6.07, 6.45) is 1.49. The van der Waals surface area contributed by atoms with Gasteiger partial charge in [-0.05, 0) is 18.7 Å². The fraction of sp³-hybridized carbons (Fsp3) is 0.733. The minimum Gasteiger partial charge on any atom is -0.394 e. The maximum Gasteiger partial charge on any atom is 0.330 e. The van der Waals surface area contributed by atoms with E-state index in [4.69, 9.17) is 4.74 Å². The summed E-state index contributed by atoms with van der Waals surface area (Å²) in [5, 5.41) is 9.72. The van der Waals surface area contributed by atoms with E-state index in [1.807, 2.05) is 11.8 Å². The first-order chi connectivity index (χ1) is 10.7. The van der Waals surface area contributed by atoms with Crippen LogP contribution >= 0.6 is 11.8 Å². The van der Waals surface area contributed by atoms with E-state index in [2.05, 4.69) is 24.6 Å². The second-order valence-corrected chi connectivity index (χ2v) is 14.2. The molecule has 1 fully saturated rings. The number of rotatable bonds is 6. The number of ether oxygens (including phenoxy) is 1. The van der Waals surface area contributed by atoms with E-state index >= 15 is 0 Å². The molecule has 0 spiro atoms. The molecule has 1 aliphatic rings. The van der Waals surface area contributed by atoms with Gasteiger partial charge >= 0.3 is 5.69 Å². The number of aliphatic hydroxyl groups excluding tert-OH is 1. The molecule has 2 heterocycles. The molecular weight excluding hydrogens is 332 g/mol. The number of hydrogen-bond donors (Lipinski definition) is 2. The Hall–Kier alpha value is -0.833. The van der Waals surface area contributed by atoms with Crippen LogP contribution in [0.3, 0.4) is 0 Å². The Morgan fingerprint density at radius 1 is 1.43 bits per heavy atom. The second-order valence-electron chi connectivity index (χ2n) is 7.25. The van der Waals surface area contributed by atoms with Gasteiger partial charge < -0.3 is 9.84 Å². The molecular formula is C15H26N2O4SSi. The predicted octanol–water partition coefficient (Wildman–Crippen LogP) is 1.56. The first kappa shape index (κ1) is 18.5. The lowest BCUT2D eigenvalue weighted by Crippen LogP contribution is -2.33. The molecule has 0 amide bonds. The van der Waals surface area contributed by atoms with Gasteiger partial charge in [-0.15, -0.1) is 0 Å². The standard InChI is InChI=1S/C15H26N2O4SSi/c1-10-8-17(15(20)16-14(10)19)13-7-12(11(9-18)21-13)22-5-6-23(2,3)4/h8,11-13,18H,5-7,9H2,1-4H3,(H,16,19,20)/t11-,12-,13-/m1/s1. The lowest BCUT2D eigenvalue weighted by atomic mass is 10.2. The number of hydrogen-bond acceptors (Lipinski definition) is 5. The predicted molar refractivity (Wildman–Crippen MR) is 96.1 cm³/mol. The highest BCUT2D eigenvalue weighted by Crippen LogP contribution is 2.36. The SMILES string of the molecule is Cc1cn([C@H]2C[C@@H](SCC[Si](C)(C)C)[C@@H](CO)O2)c(=O)[nH]c1=O. The number of nitrogens with one attached hydrogen (secondary N) is 1. The number of H-pyrrole nitrogens is 1. The van der Waals surface area contributed by atoms with Crippen LogP contribution in [-0.4, -0.2) is 46.4 Å². The van der Waals surface area contributed by atoms with Crippen molar-refractivity contribution in [2.75, 3.05) is 12.4 Å². The zero-order valence-corrected chi connectivity index (χ0v) is 16.0. The van der Waals surface area contributed by atoms with Gasteiger partial charge in [0.25, 0.3) is 5.56 Å². The molecule has 1 aromatic heterocycles. The summed E-state index contributed by atoms with van der Waals surface area (Å²) in [4.78, 5) is 25.8. The molecule has 2 N–H and O–H groups in total. The smallest absolute Gasteiger partial charge is 0.330 e. The van der Waals surface area contributed by atoms with Crippen LogP contribution in [0, 0.1) is 6.92 Å². The Labute approximate surface area is 141 Å². The summed E-state index contributed by atoms with van der Waals surface area (Å²) in [6, 6.07) is 1.22. The Morgan fingerprint density at radius 3 is 2.74 bits per heavy atom. The van der Waals surface area contributed by atoms with Crippen LogP contribution in [0.2, 0.25) is 25.7 Å². The molecule has 3 atom stereocenters. The van der Waals surface area contributed by atoms with Crippen LogP contribution in [-0.2, 0) is 4.74 Å². The third-order valence-electron chi connectivity index (χ3n) is 4.00. The van der Waals surface area contributed by atoms with Gasteiger partial charge in [0.15, 0.2) is 0 Å². The summed E-state index contributed by atoms with van der Waals surface area (Å²) < 4.78 is 7.28. The van der Waals surface area contributed by atoms with Crippen molar-refractivity contribution in [2.24, 2.45) is 0 Å². The number of thioether (sulfide) groups is 1. The average molecular weight is 359 g/mol. The number of aromatic nitrogens is 2. The van der Waals surface area contributed by atoms with Gasteiger partial charge in [-0.2, -0.15) is 11.8 Å². The molecule has 1 saturated heterocycles.